The van der Waals surface area contributed by atoms with Gasteiger partial charge in [-0.15, -0.1) is 0 Å². The normalized spacial score (nSPS) is 40.2. The Hall–Kier alpha value is -0.900. The summed E-state index contributed by atoms with van der Waals surface area (Å²) in [5.41, 5.74) is 0. The van der Waals surface area contributed by atoms with Crippen molar-refractivity contribution in [3.63, 3.8) is 0 Å². The van der Waals surface area contributed by atoms with Crippen LogP contribution in [-0.4, -0.2) is 16.7 Å². The highest BCUT2D eigenvalue weighted by atomic mass is 16.5. The van der Waals surface area contributed by atoms with Crippen LogP contribution >= 0.6 is 0 Å². The fraction of sp³-hybridized carbons (Fsp3) is 0.846. The topological polar surface area (TPSA) is 51.0 Å². The van der Waals surface area contributed by atoms with Crippen molar-refractivity contribution in [2.45, 2.75) is 50.5 Å². The van der Waals surface area contributed by atoms with Crippen molar-refractivity contribution >= 4 is 0 Å². The number of rotatable bonds is 2. The molecular formula is C13H19N3O. The summed E-state index contributed by atoms with van der Waals surface area (Å²) < 4.78 is 5.45. The van der Waals surface area contributed by atoms with Gasteiger partial charge in [0.25, 0.3) is 0 Å². The average molecular weight is 233 g/mol. The molecule has 2 heterocycles. The SMILES string of the molecule is C1CN[C@H](c2nc(C3CC4CCC3C4)no2)C1. The molecular weight excluding hydrogens is 214 g/mol. The lowest BCUT2D eigenvalue weighted by Gasteiger charge is -2.17. The van der Waals surface area contributed by atoms with Gasteiger partial charge in [-0.05, 0) is 50.5 Å². The van der Waals surface area contributed by atoms with Gasteiger partial charge in [-0.25, -0.2) is 0 Å². The van der Waals surface area contributed by atoms with Gasteiger partial charge in [0.2, 0.25) is 5.89 Å². The summed E-state index contributed by atoms with van der Waals surface area (Å²) in [5, 5.41) is 7.65. The van der Waals surface area contributed by atoms with Crippen LogP contribution in [0.2, 0.25) is 0 Å². The highest BCUT2D eigenvalue weighted by Crippen LogP contribution is 2.52. The number of hydrogen-bond donors (Lipinski definition) is 1. The fourth-order valence-corrected chi connectivity index (χ4v) is 4.00. The maximum atomic E-state index is 5.45. The van der Waals surface area contributed by atoms with Gasteiger partial charge in [0, 0.05) is 5.92 Å². The van der Waals surface area contributed by atoms with Crippen LogP contribution < -0.4 is 5.32 Å². The van der Waals surface area contributed by atoms with Gasteiger partial charge in [0.1, 0.15) is 0 Å². The second-order valence-corrected chi connectivity index (χ2v) is 5.92. The minimum Gasteiger partial charge on any atom is -0.338 e. The molecule has 0 radical (unpaired) electrons. The molecule has 2 aliphatic carbocycles. The number of nitrogens with zero attached hydrogens (tertiary/aromatic N) is 2. The zero-order chi connectivity index (χ0) is 11.2. The van der Waals surface area contributed by atoms with E-state index in [2.05, 4.69) is 15.5 Å². The minimum absolute atomic E-state index is 0.315. The maximum absolute atomic E-state index is 5.45. The maximum Gasteiger partial charge on any atom is 0.243 e. The van der Waals surface area contributed by atoms with Crippen LogP contribution in [0, 0.1) is 11.8 Å². The molecule has 4 nitrogen and oxygen atoms in total. The van der Waals surface area contributed by atoms with E-state index in [1.165, 1.54) is 32.1 Å². The van der Waals surface area contributed by atoms with Gasteiger partial charge < -0.3 is 9.84 Å². The van der Waals surface area contributed by atoms with Crippen molar-refractivity contribution in [2.24, 2.45) is 11.8 Å². The predicted molar refractivity (Wildman–Crippen MR) is 62.5 cm³/mol. The van der Waals surface area contributed by atoms with Crippen molar-refractivity contribution in [2.75, 3.05) is 6.54 Å². The van der Waals surface area contributed by atoms with Crippen molar-refractivity contribution in [1.29, 1.82) is 0 Å². The van der Waals surface area contributed by atoms with E-state index in [1.807, 2.05) is 0 Å². The first-order valence-corrected chi connectivity index (χ1v) is 6.97. The summed E-state index contributed by atoms with van der Waals surface area (Å²) in [6.07, 6.45) is 7.85. The Bertz CT molecular complexity index is 411. The summed E-state index contributed by atoms with van der Waals surface area (Å²) in [4.78, 5) is 4.65. The van der Waals surface area contributed by atoms with Crippen molar-refractivity contribution < 1.29 is 4.52 Å². The second-order valence-electron chi connectivity index (χ2n) is 5.92. The number of hydrogen-bond acceptors (Lipinski definition) is 4. The zero-order valence-electron chi connectivity index (χ0n) is 10.1. The van der Waals surface area contributed by atoms with Gasteiger partial charge in [0.15, 0.2) is 5.82 Å². The third-order valence-electron chi connectivity index (χ3n) is 4.89. The molecule has 2 saturated carbocycles. The van der Waals surface area contributed by atoms with Crippen molar-refractivity contribution in [3.8, 4) is 0 Å². The Morgan fingerprint density at radius 1 is 1.18 bits per heavy atom. The van der Waals surface area contributed by atoms with Gasteiger partial charge >= 0.3 is 0 Å². The van der Waals surface area contributed by atoms with Crippen LogP contribution in [0.5, 0.6) is 0 Å². The van der Waals surface area contributed by atoms with Crippen LogP contribution in [-0.2, 0) is 0 Å². The molecule has 3 aliphatic rings. The molecule has 3 unspecified atom stereocenters. The summed E-state index contributed by atoms with van der Waals surface area (Å²) in [5.74, 6) is 4.17. The Labute approximate surface area is 101 Å². The first-order chi connectivity index (χ1) is 8.40. The fourth-order valence-electron chi connectivity index (χ4n) is 4.00. The lowest BCUT2D eigenvalue weighted by Crippen LogP contribution is -2.14. The Kier molecular flexibility index (Phi) is 2.25. The van der Waals surface area contributed by atoms with Gasteiger partial charge in [-0.1, -0.05) is 11.6 Å². The summed E-state index contributed by atoms with van der Waals surface area (Å²) >= 11 is 0. The van der Waals surface area contributed by atoms with E-state index in [0.29, 0.717) is 12.0 Å². The van der Waals surface area contributed by atoms with Gasteiger partial charge in [0.05, 0.1) is 6.04 Å². The molecule has 0 aromatic carbocycles. The molecule has 3 fully saturated rings. The molecule has 17 heavy (non-hydrogen) atoms. The first-order valence-electron chi connectivity index (χ1n) is 6.97. The molecule has 1 saturated heterocycles. The minimum atomic E-state index is 0.315. The van der Waals surface area contributed by atoms with Crippen LogP contribution in [0.25, 0.3) is 0 Å². The van der Waals surface area contributed by atoms with Crippen molar-refractivity contribution in [3.05, 3.63) is 11.7 Å². The van der Waals surface area contributed by atoms with E-state index in [0.717, 1.165) is 36.5 Å². The predicted octanol–water partition coefficient (Wildman–Crippen LogP) is 2.40. The van der Waals surface area contributed by atoms with E-state index in [4.69, 9.17) is 4.52 Å². The molecule has 92 valence electrons. The number of aromatic nitrogens is 2. The zero-order valence-corrected chi connectivity index (χ0v) is 10.1. The molecule has 1 N–H and O–H groups in total. The lowest BCUT2D eigenvalue weighted by atomic mass is 9.88. The van der Waals surface area contributed by atoms with E-state index in [-0.39, 0.29) is 0 Å². The molecule has 1 aromatic heterocycles. The van der Waals surface area contributed by atoms with Crippen LogP contribution in [0.1, 0.15) is 62.2 Å². The van der Waals surface area contributed by atoms with E-state index >= 15 is 0 Å². The summed E-state index contributed by atoms with van der Waals surface area (Å²) in [7, 11) is 0. The Balaban J connectivity index is 1.54. The number of nitrogens with one attached hydrogen (secondary N) is 1. The first kappa shape index (κ1) is 10.1. The average Bonchev–Trinajstić information content (AvgIpc) is 3.12. The quantitative estimate of drug-likeness (QED) is 0.852. The van der Waals surface area contributed by atoms with Crippen LogP contribution in [0.3, 0.4) is 0 Å². The highest BCUT2D eigenvalue weighted by Gasteiger charge is 2.42. The third-order valence-corrected chi connectivity index (χ3v) is 4.89. The highest BCUT2D eigenvalue weighted by molar-refractivity contribution is 5.07. The van der Waals surface area contributed by atoms with Crippen molar-refractivity contribution in [1.82, 2.24) is 15.5 Å². The van der Waals surface area contributed by atoms with Gasteiger partial charge in [-0.2, -0.15) is 4.98 Å². The number of fused-ring (bicyclic) bond motifs is 2. The molecule has 4 heteroatoms. The third kappa shape index (κ3) is 1.61. The largest absolute Gasteiger partial charge is 0.338 e. The lowest BCUT2D eigenvalue weighted by molar-refractivity contribution is 0.330. The van der Waals surface area contributed by atoms with E-state index in [1.54, 1.807) is 0 Å². The second kappa shape index (κ2) is 3.80. The van der Waals surface area contributed by atoms with Gasteiger partial charge in [-0.3, -0.25) is 0 Å². The summed E-state index contributed by atoms with van der Waals surface area (Å²) in [6, 6.07) is 0.315. The molecule has 2 bridgehead atoms. The molecule has 1 aromatic rings. The Morgan fingerprint density at radius 2 is 2.18 bits per heavy atom. The molecule has 1 aliphatic heterocycles. The standard InChI is InChI=1S/C13H19N3O/c1-2-11(14-5-1)13-15-12(16-17-13)10-7-8-3-4-9(10)6-8/h8-11,14H,1-7H2/t8?,9?,10?,11-/m0/s1. The van der Waals surface area contributed by atoms with Crippen LogP contribution in [0.15, 0.2) is 4.52 Å². The van der Waals surface area contributed by atoms with E-state index in [9.17, 15) is 0 Å². The monoisotopic (exact) mass is 233 g/mol. The Morgan fingerprint density at radius 3 is 2.88 bits per heavy atom. The summed E-state index contributed by atoms with van der Waals surface area (Å²) in [6.45, 7) is 1.08. The van der Waals surface area contributed by atoms with E-state index < -0.39 is 0 Å². The molecule has 4 atom stereocenters. The smallest absolute Gasteiger partial charge is 0.243 e. The molecule has 0 spiro atoms. The van der Waals surface area contributed by atoms with Crippen LogP contribution in [0.4, 0.5) is 0 Å². The molecule has 4 rings (SSSR count). The molecule has 0 amide bonds.